The Morgan fingerprint density at radius 2 is 1.81 bits per heavy atom. The zero-order valence-electron chi connectivity index (χ0n) is 11.6. The second-order valence-electron chi connectivity index (χ2n) is 4.66. The normalized spacial score (nSPS) is 14.9. The van der Waals surface area contributed by atoms with E-state index >= 15 is 0 Å². The van der Waals surface area contributed by atoms with Crippen LogP contribution >= 0.6 is 11.7 Å². The SMILES string of the molecule is CC(=O)N1CCN(C(C)=O)C1=Nc1cccc2nsnc12. The molecule has 1 aromatic carbocycles. The van der Waals surface area contributed by atoms with Crippen LogP contribution in [0, 0.1) is 0 Å². The maximum Gasteiger partial charge on any atom is 0.226 e. The van der Waals surface area contributed by atoms with Crippen LogP contribution in [0.5, 0.6) is 0 Å². The molecule has 0 N–H and O–H groups in total. The first-order valence-electron chi connectivity index (χ1n) is 6.44. The predicted octanol–water partition coefficient (Wildman–Crippen LogP) is 1.39. The molecule has 108 valence electrons. The van der Waals surface area contributed by atoms with E-state index in [4.69, 9.17) is 0 Å². The minimum atomic E-state index is -0.138. The van der Waals surface area contributed by atoms with E-state index in [0.29, 0.717) is 30.3 Å². The molecule has 1 saturated heterocycles. The van der Waals surface area contributed by atoms with E-state index in [1.807, 2.05) is 12.1 Å². The summed E-state index contributed by atoms with van der Waals surface area (Å²) >= 11 is 1.11. The molecule has 1 fully saturated rings. The van der Waals surface area contributed by atoms with Gasteiger partial charge in [0.2, 0.25) is 17.8 Å². The summed E-state index contributed by atoms with van der Waals surface area (Å²) in [5.74, 6) is 0.0812. The van der Waals surface area contributed by atoms with Gasteiger partial charge in [-0.15, -0.1) is 0 Å². The Labute approximate surface area is 125 Å². The second kappa shape index (κ2) is 5.21. The van der Waals surface area contributed by atoms with Gasteiger partial charge in [0.05, 0.1) is 17.4 Å². The number of carbonyl (C=O) groups excluding carboxylic acids is 2. The van der Waals surface area contributed by atoms with Gasteiger partial charge in [-0.05, 0) is 12.1 Å². The molecule has 0 saturated carbocycles. The Balaban J connectivity index is 2.11. The topological polar surface area (TPSA) is 78.8 Å². The molecule has 0 atom stereocenters. The zero-order valence-corrected chi connectivity index (χ0v) is 12.4. The third-order valence-electron chi connectivity index (χ3n) is 3.28. The van der Waals surface area contributed by atoms with Crippen molar-refractivity contribution in [1.29, 1.82) is 0 Å². The summed E-state index contributed by atoms with van der Waals surface area (Å²) in [4.78, 5) is 30.9. The van der Waals surface area contributed by atoms with Crippen LogP contribution in [0.1, 0.15) is 13.8 Å². The summed E-state index contributed by atoms with van der Waals surface area (Å²) in [5.41, 5.74) is 2.04. The summed E-state index contributed by atoms with van der Waals surface area (Å²) < 4.78 is 8.38. The second-order valence-corrected chi connectivity index (χ2v) is 5.19. The summed E-state index contributed by atoms with van der Waals surface area (Å²) in [6.07, 6.45) is 0. The highest BCUT2D eigenvalue weighted by molar-refractivity contribution is 7.00. The van der Waals surface area contributed by atoms with Crippen molar-refractivity contribution in [2.24, 2.45) is 4.99 Å². The fraction of sp³-hybridized carbons (Fsp3) is 0.308. The van der Waals surface area contributed by atoms with Gasteiger partial charge in [0.15, 0.2) is 0 Å². The van der Waals surface area contributed by atoms with Crippen molar-refractivity contribution < 1.29 is 9.59 Å². The molecular formula is C13H13N5O2S. The summed E-state index contributed by atoms with van der Waals surface area (Å²) in [5, 5.41) is 0. The van der Waals surface area contributed by atoms with Crippen LogP contribution in [0.15, 0.2) is 23.2 Å². The molecule has 0 bridgehead atoms. The number of carbonyl (C=O) groups is 2. The average molecular weight is 303 g/mol. The van der Waals surface area contributed by atoms with Gasteiger partial charge in [0, 0.05) is 26.9 Å². The van der Waals surface area contributed by atoms with Crippen LogP contribution in [0.3, 0.4) is 0 Å². The number of guanidine groups is 1. The Bertz CT molecular complexity index is 730. The van der Waals surface area contributed by atoms with E-state index < -0.39 is 0 Å². The Morgan fingerprint density at radius 1 is 1.14 bits per heavy atom. The van der Waals surface area contributed by atoms with E-state index in [1.54, 1.807) is 6.07 Å². The first-order valence-corrected chi connectivity index (χ1v) is 7.17. The molecule has 7 nitrogen and oxygen atoms in total. The molecule has 21 heavy (non-hydrogen) atoms. The number of aliphatic imine (C=N–C) groups is 1. The number of hydrogen-bond acceptors (Lipinski definition) is 6. The van der Waals surface area contributed by atoms with E-state index in [-0.39, 0.29) is 11.8 Å². The number of fused-ring (bicyclic) bond motifs is 1. The molecule has 2 amide bonds. The maximum absolute atomic E-state index is 11.7. The van der Waals surface area contributed by atoms with Gasteiger partial charge in [0.1, 0.15) is 11.0 Å². The molecule has 0 spiro atoms. The highest BCUT2D eigenvalue weighted by Gasteiger charge is 2.32. The number of rotatable bonds is 1. The van der Waals surface area contributed by atoms with Crippen molar-refractivity contribution in [2.75, 3.05) is 13.1 Å². The zero-order chi connectivity index (χ0) is 15.0. The number of benzene rings is 1. The first kappa shape index (κ1) is 13.6. The van der Waals surface area contributed by atoms with Crippen LogP contribution in [-0.2, 0) is 9.59 Å². The minimum Gasteiger partial charge on any atom is -0.280 e. The molecule has 3 rings (SSSR count). The summed E-state index contributed by atoms with van der Waals surface area (Å²) in [6, 6.07) is 5.47. The van der Waals surface area contributed by atoms with Crippen molar-refractivity contribution in [1.82, 2.24) is 18.5 Å². The van der Waals surface area contributed by atoms with Gasteiger partial charge in [0.25, 0.3) is 0 Å². The highest BCUT2D eigenvalue weighted by Crippen LogP contribution is 2.25. The summed E-state index contributed by atoms with van der Waals surface area (Å²) in [6.45, 7) is 3.84. The monoisotopic (exact) mass is 303 g/mol. The van der Waals surface area contributed by atoms with E-state index in [9.17, 15) is 9.59 Å². The average Bonchev–Trinajstić information content (AvgIpc) is 3.04. The van der Waals surface area contributed by atoms with Crippen LogP contribution in [0.4, 0.5) is 5.69 Å². The number of aromatic nitrogens is 2. The van der Waals surface area contributed by atoms with Gasteiger partial charge in [-0.25, -0.2) is 4.99 Å². The number of nitrogens with zero attached hydrogens (tertiary/aromatic N) is 5. The van der Waals surface area contributed by atoms with Crippen LogP contribution in [-0.4, -0.2) is 49.4 Å². The van der Waals surface area contributed by atoms with Crippen molar-refractivity contribution in [3.63, 3.8) is 0 Å². The van der Waals surface area contributed by atoms with E-state index in [1.165, 1.54) is 23.6 Å². The lowest BCUT2D eigenvalue weighted by molar-refractivity contribution is -0.124. The molecular weight excluding hydrogens is 290 g/mol. The van der Waals surface area contributed by atoms with Crippen LogP contribution in [0.25, 0.3) is 11.0 Å². The molecule has 1 aliphatic heterocycles. The molecule has 8 heteroatoms. The standard InChI is InChI=1S/C13H13N5O2S/c1-8(19)17-6-7-18(9(2)20)13(17)14-10-4-3-5-11-12(10)16-21-15-11/h3-5H,6-7H2,1-2H3. The summed E-state index contributed by atoms with van der Waals surface area (Å²) in [7, 11) is 0. The lowest BCUT2D eigenvalue weighted by Crippen LogP contribution is -2.38. The van der Waals surface area contributed by atoms with E-state index in [2.05, 4.69) is 13.7 Å². The van der Waals surface area contributed by atoms with Gasteiger partial charge >= 0.3 is 0 Å². The smallest absolute Gasteiger partial charge is 0.226 e. The molecule has 1 aromatic heterocycles. The van der Waals surface area contributed by atoms with Gasteiger partial charge in [-0.3, -0.25) is 19.4 Å². The van der Waals surface area contributed by atoms with E-state index in [0.717, 1.165) is 17.2 Å². The number of amides is 2. The van der Waals surface area contributed by atoms with Crippen LogP contribution < -0.4 is 0 Å². The van der Waals surface area contributed by atoms with Crippen LogP contribution in [0.2, 0.25) is 0 Å². The van der Waals surface area contributed by atoms with Crippen molar-refractivity contribution in [2.45, 2.75) is 13.8 Å². The van der Waals surface area contributed by atoms with Gasteiger partial charge in [-0.2, -0.15) is 8.75 Å². The molecule has 0 unspecified atom stereocenters. The molecule has 0 aliphatic carbocycles. The third kappa shape index (κ3) is 2.38. The Morgan fingerprint density at radius 3 is 2.43 bits per heavy atom. The van der Waals surface area contributed by atoms with Gasteiger partial charge < -0.3 is 0 Å². The van der Waals surface area contributed by atoms with Crippen molar-refractivity contribution in [3.05, 3.63) is 18.2 Å². The van der Waals surface area contributed by atoms with Gasteiger partial charge in [-0.1, -0.05) is 6.07 Å². The molecule has 1 aliphatic rings. The molecule has 2 aromatic rings. The first-order chi connectivity index (χ1) is 10.1. The highest BCUT2D eigenvalue weighted by atomic mass is 32.1. The van der Waals surface area contributed by atoms with Crippen molar-refractivity contribution in [3.8, 4) is 0 Å². The lowest BCUT2D eigenvalue weighted by atomic mass is 10.3. The lowest BCUT2D eigenvalue weighted by Gasteiger charge is -2.18. The molecule has 0 radical (unpaired) electrons. The number of hydrogen-bond donors (Lipinski definition) is 0. The molecule has 2 heterocycles. The third-order valence-corrected chi connectivity index (χ3v) is 3.82. The fourth-order valence-electron chi connectivity index (χ4n) is 2.25. The Kier molecular flexibility index (Phi) is 3.38. The quantitative estimate of drug-likeness (QED) is 0.797. The van der Waals surface area contributed by atoms with Crippen molar-refractivity contribution >= 4 is 46.2 Å². The maximum atomic E-state index is 11.7. The Hall–Kier alpha value is -2.35. The predicted molar refractivity (Wildman–Crippen MR) is 79.3 cm³/mol. The minimum absolute atomic E-state index is 0.138. The largest absolute Gasteiger partial charge is 0.280 e. The fourth-order valence-corrected chi connectivity index (χ4v) is 2.80.